The molecule has 0 aromatic heterocycles. The third-order valence-electron chi connectivity index (χ3n) is 3.87. The van der Waals surface area contributed by atoms with Gasteiger partial charge in [-0.15, -0.1) is 0 Å². The quantitative estimate of drug-likeness (QED) is 0.324. The average molecular weight is 295 g/mol. The molecule has 0 spiro atoms. The number of aryl methyl sites for hydroxylation is 1. The highest BCUT2D eigenvalue weighted by atomic mass is 19.1. The second-order valence-corrected chi connectivity index (χ2v) is 5.25. The minimum Gasteiger partial charge on any atom is -0.409 e. The van der Waals surface area contributed by atoms with Crippen LogP contribution in [0.4, 0.5) is 4.39 Å². The Morgan fingerprint density at radius 1 is 1.52 bits per heavy atom. The number of nitrogens with one attached hydrogen (secondary N) is 1. The van der Waals surface area contributed by atoms with Gasteiger partial charge in [-0.2, -0.15) is 0 Å². The summed E-state index contributed by atoms with van der Waals surface area (Å²) in [4.78, 5) is 12.2. The van der Waals surface area contributed by atoms with E-state index in [9.17, 15) is 9.18 Å². The molecule has 5 nitrogen and oxygen atoms in total. The van der Waals surface area contributed by atoms with Crippen LogP contribution in [-0.2, 0) is 11.2 Å². The van der Waals surface area contributed by atoms with Gasteiger partial charge in [-0.3, -0.25) is 4.79 Å². The maximum absolute atomic E-state index is 13.0. The van der Waals surface area contributed by atoms with E-state index in [1.807, 2.05) is 6.92 Å². The lowest BCUT2D eigenvalue weighted by molar-refractivity contribution is -0.127. The number of carbonyl (C=O) groups is 1. The molecular weight excluding hydrogens is 273 g/mol. The second kappa shape index (κ2) is 7.06. The Balaban J connectivity index is 2.65. The zero-order valence-corrected chi connectivity index (χ0v) is 12.6. The van der Waals surface area contributed by atoms with E-state index in [4.69, 9.17) is 10.9 Å². The van der Waals surface area contributed by atoms with Crippen LogP contribution in [0.3, 0.4) is 0 Å². The van der Waals surface area contributed by atoms with Crippen LogP contribution < -0.4 is 11.1 Å². The number of amides is 1. The highest BCUT2D eigenvalue weighted by Gasteiger charge is 2.36. The number of nitrogens with zero attached hydrogens (tertiary/aromatic N) is 1. The molecule has 0 saturated heterocycles. The number of amidine groups is 1. The van der Waals surface area contributed by atoms with Gasteiger partial charge in [0, 0.05) is 6.54 Å². The molecule has 1 rings (SSSR count). The number of rotatable bonds is 6. The van der Waals surface area contributed by atoms with Crippen molar-refractivity contribution in [1.82, 2.24) is 5.32 Å². The Labute approximate surface area is 124 Å². The zero-order valence-electron chi connectivity index (χ0n) is 12.6. The average Bonchev–Trinajstić information content (AvgIpc) is 2.47. The largest absolute Gasteiger partial charge is 0.409 e. The molecule has 116 valence electrons. The van der Waals surface area contributed by atoms with Crippen LogP contribution in [0.2, 0.25) is 0 Å². The van der Waals surface area contributed by atoms with Gasteiger partial charge in [0.1, 0.15) is 11.2 Å². The molecule has 0 radical (unpaired) electrons. The molecule has 1 aromatic carbocycles. The van der Waals surface area contributed by atoms with Crippen molar-refractivity contribution in [3.8, 4) is 0 Å². The number of carbonyl (C=O) groups excluding carboxylic acids is 1. The molecule has 0 aliphatic heterocycles. The minimum atomic E-state index is -1.04. The lowest BCUT2D eigenvalue weighted by Gasteiger charge is -2.25. The Morgan fingerprint density at radius 3 is 2.71 bits per heavy atom. The third kappa shape index (κ3) is 3.93. The minimum absolute atomic E-state index is 0.111. The summed E-state index contributed by atoms with van der Waals surface area (Å²) in [6.07, 6.45) is 1.01. The maximum Gasteiger partial charge on any atom is 0.233 e. The predicted molar refractivity (Wildman–Crippen MR) is 79.7 cm³/mol. The fraction of sp³-hybridized carbons (Fsp3) is 0.467. The van der Waals surface area contributed by atoms with E-state index in [1.54, 1.807) is 19.9 Å². The Bertz CT molecular complexity index is 546. The number of hydrogen-bond donors (Lipinski definition) is 3. The number of oxime groups is 1. The summed E-state index contributed by atoms with van der Waals surface area (Å²) in [7, 11) is 0. The van der Waals surface area contributed by atoms with Crippen LogP contribution >= 0.6 is 0 Å². The fourth-order valence-electron chi connectivity index (χ4n) is 2.01. The van der Waals surface area contributed by atoms with Crippen molar-refractivity contribution in [2.24, 2.45) is 16.3 Å². The molecule has 4 N–H and O–H groups in total. The molecular formula is C15H22FN3O2. The molecule has 0 saturated carbocycles. The van der Waals surface area contributed by atoms with E-state index in [2.05, 4.69) is 10.5 Å². The normalized spacial score (nSPS) is 14.6. The van der Waals surface area contributed by atoms with E-state index in [0.29, 0.717) is 19.4 Å². The monoisotopic (exact) mass is 295 g/mol. The highest BCUT2D eigenvalue weighted by molar-refractivity contribution is 6.06. The third-order valence-corrected chi connectivity index (χ3v) is 3.87. The van der Waals surface area contributed by atoms with Crippen LogP contribution in [0.1, 0.15) is 31.4 Å². The van der Waals surface area contributed by atoms with E-state index >= 15 is 0 Å². The van der Waals surface area contributed by atoms with Crippen molar-refractivity contribution >= 4 is 11.7 Å². The van der Waals surface area contributed by atoms with Gasteiger partial charge >= 0.3 is 0 Å². The molecule has 0 fully saturated rings. The van der Waals surface area contributed by atoms with Crippen molar-refractivity contribution in [1.29, 1.82) is 0 Å². The standard InChI is InChI=1S/C15H22FN3O2/c1-4-15(3,13(17)19-21)14(20)18-8-7-11-5-6-12(16)9-10(11)2/h5-6,9,21H,4,7-8H2,1-3H3,(H2,17,19)(H,18,20). The van der Waals surface area contributed by atoms with Gasteiger partial charge in [0.2, 0.25) is 5.91 Å². The summed E-state index contributed by atoms with van der Waals surface area (Å²) in [5, 5.41) is 14.5. The first kappa shape index (κ1) is 16.9. The van der Waals surface area contributed by atoms with Gasteiger partial charge in [0.25, 0.3) is 0 Å². The van der Waals surface area contributed by atoms with Gasteiger partial charge in [0.05, 0.1) is 0 Å². The molecule has 21 heavy (non-hydrogen) atoms. The zero-order chi connectivity index (χ0) is 16.0. The number of hydrogen-bond acceptors (Lipinski definition) is 3. The number of benzene rings is 1. The van der Waals surface area contributed by atoms with Crippen LogP contribution in [0.5, 0.6) is 0 Å². The summed E-state index contributed by atoms with van der Waals surface area (Å²) in [6.45, 7) is 5.65. The smallest absolute Gasteiger partial charge is 0.233 e. The summed E-state index contributed by atoms with van der Waals surface area (Å²) >= 11 is 0. The summed E-state index contributed by atoms with van der Waals surface area (Å²) in [5.74, 6) is -0.675. The molecule has 1 aromatic rings. The van der Waals surface area contributed by atoms with Gasteiger partial charge in [-0.05, 0) is 49.9 Å². The van der Waals surface area contributed by atoms with E-state index < -0.39 is 5.41 Å². The first-order valence-corrected chi connectivity index (χ1v) is 6.86. The van der Waals surface area contributed by atoms with E-state index in [1.165, 1.54) is 12.1 Å². The van der Waals surface area contributed by atoms with E-state index in [0.717, 1.165) is 11.1 Å². The van der Waals surface area contributed by atoms with Crippen LogP contribution in [0.25, 0.3) is 0 Å². The van der Waals surface area contributed by atoms with Crippen LogP contribution in [-0.4, -0.2) is 23.5 Å². The Morgan fingerprint density at radius 2 is 2.19 bits per heavy atom. The van der Waals surface area contributed by atoms with Crippen molar-refractivity contribution in [3.63, 3.8) is 0 Å². The molecule has 1 unspecified atom stereocenters. The number of halogens is 1. The van der Waals surface area contributed by atoms with Gasteiger partial charge in [0.15, 0.2) is 5.84 Å². The molecule has 0 bridgehead atoms. The Hall–Kier alpha value is -2.11. The SMILES string of the molecule is CCC(C)(C(=O)NCCc1ccc(F)cc1C)/C(N)=N/O. The van der Waals surface area contributed by atoms with E-state index in [-0.39, 0.29) is 17.6 Å². The fourth-order valence-corrected chi connectivity index (χ4v) is 2.01. The first-order valence-electron chi connectivity index (χ1n) is 6.86. The van der Waals surface area contributed by atoms with Crippen LogP contribution in [0, 0.1) is 18.2 Å². The maximum atomic E-state index is 13.0. The predicted octanol–water partition coefficient (Wildman–Crippen LogP) is 1.96. The summed E-state index contributed by atoms with van der Waals surface area (Å²) in [5.41, 5.74) is 6.37. The first-order chi connectivity index (χ1) is 9.85. The molecule has 0 aliphatic rings. The second-order valence-electron chi connectivity index (χ2n) is 5.25. The lowest BCUT2D eigenvalue weighted by atomic mass is 9.85. The summed E-state index contributed by atoms with van der Waals surface area (Å²) < 4.78 is 13.0. The topological polar surface area (TPSA) is 87.7 Å². The molecule has 0 aliphatic carbocycles. The Kier molecular flexibility index (Phi) is 5.69. The summed E-state index contributed by atoms with van der Waals surface area (Å²) in [6, 6.07) is 4.57. The lowest BCUT2D eigenvalue weighted by Crippen LogP contribution is -2.48. The van der Waals surface area contributed by atoms with Gasteiger partial charge in [-0.25, -0.2) is 4.39 Å². The molecule has 1 amide bonds. The van der Waals surface area contributed by atoms with Crippen LogP contribution in [0.15, 0.2) is 23.4 Å². The van der Waals surface area contributed by atoms with Crippen molar-refractivity contribution in [2.45, 2.75) is 33.6 Å². The molecule has 1 atom stereocenters. The molecule has 0 heterocycles. The van der Waals surface area contributed by atoms with Crippen molar-refractivity contribution in [2.75, 3.05) is 6.54 Å². The van der Waals surface area contributed by atoms with Crippen molar-refractivity contribution < 1.29 is 14.4 Å². The van der Waals surface area contributed by atoms with Crippen molar-refractivity contribution in [3.05, 3.63) is 35.1 Å². The van der Waals surface area contributed by atoms with Gasteiger partial charge in [-0.1, -0.05) is 18.1 Å². The highest BCUT2D eigenvalue weighted by Crippen LogP contribution is 2.21. The molecule has 6 heteroatoms. The van der Waals surface area contributed by atoms with Gasteiger partial charge < -0.3 is 16.3 Å². The number of nitrogens with two attached hydrogens (primary N) is 1.